The Balaban J connectivity index is 1.78. The third-order valence-electron chi connectivity index (χ3n) is 3.57. The summed E-state index contributed by atoms with van der Waals surface area (Å²) in [5, 5.41) is 12.6. The first-order valence-electron chi connectivity index (χ1n) is 5.96. The van der Waals surface area contributed by atoms with Crippen molar-refractivity contribution < 1.29 is 9.84 Å². The fraction of sp³-hybridized carbons (Fsp3) is 0.833. The second-order valence-corrected chi connectivity index (χ2v) is 4.66. The van der Waals surface area contributed by atoms with Crippen molar-refractivity contribution in [2.45, 2.75) is 37.6 Å². The summed E-state index contributed by atoms with van der Waals surface area (Å²) in [7, 11) is 0. The molecule has 2 N–H and O–H groups in total. The highest BCUT2D eigenvalue weighted by Gasteiger charge is 2.35. The molecule has 1 aliphatic heterocycles. The minimum absolute atomic E-state index is 0.229. The number of hydrogen-bond donors (Lipinski definition) is 2. The summed E-state index contributed by atoms with van der Waals surface area (Å²) >= 11 is 0. The van der Waals surface area contributed by atoms with Crippen LogP contribution in [0, 0.1) is 0 Å². The summed E-state index contributed by atoms with van der Waals surface area (Å²) in [6.07, 6.45) is 7.93. The van der Waals surface area contributed by atoms with Crippen LogP contribution in [-0.4, -0.2) is 37.0 Å². The maximum atomic E-state index is 9.02. The molecule has 0 aromatic heterocycles. The highest BCUT2D eigenvalue weighted by atomic mass is 16.5. The second-order valence-electron chi connectivity index (χ2n) is 4.66. The molecule has 0 saturated heterocycles. The zero-order valence-corrected chi connectivity index (χ0v) is 9.30. The van der Waals surface area contributed by atoms with E-state index >= 15 is 0 Å². The van der Waals surface area contributed by atoms with Crippen LogP contribution in [0.4, 0.5) is 0 Å². The number of ether oxygens (including phenoxy) is 1. The van der Waals surface area contributed by atoms with Gasteiger partial charge >= 0.3 is 0 Å². The Hall–Kier alpha value is -0.380. The molecular formula is C12H21NO2. The van der Waals surface area contributed by atoms with Crippen molar-refractivity contribution in [1.29, 1.82) is 0 Å². The molecule has 1 aliphatic carbocycles. The van der Waals surface area contributed by atoms with Crippen LogP contribution < -0.4 is 5.32 Å². The molecule has 86 valence electrons. The van der Waals surface area contributed by atoms with E-state index in [1.807, 2.05) is 0 Å². The Morgan fingerprint density at radius 1 is 1.47 bits per heavy atom. The van der Waals surface area contributed by atoms with Gasteiger partial charge in [0.15, 0.2) is 0 Å². The topological polar surface area (TPSA) is 41.5 Å². The maximum Gasteiger partial charge on any atom is 0.0689 e. The molecule has 1 fully saturated rings. The minimum Gasteiger partial charge on any atom is -0.396 e. The highest BCUT2D eigenvalue weighted by Crippen LogP contribution is 2.34. The van der Waals surface area contributed by atoms with Crippen molar-refractivity contribution in [3.63, 3.8) is 0 Å². The molecule has 2 aliphatic rings. The molecule has 2 rings (SSSR count). The lowest BCUT2D eigenvalue weighted by molar-refractivity contribution is 0.124. The smallest absolute Gasteiger partial charge is 0.0689 e. The molecule has 0 atom stereocenters. The van der Waals surface area contributed by atoms with E-state index < -0.39 is 0 Å². The lowest BCUT2D eigenvalue weighted by Gasteiger charge is -2.43. The zero-order chi connectivity index (χ0) is 10.6. The molecule has 1 saturated carbocycles. The lowest BCUT2D eigenvalue weighted by Crippen LogP contribution is -2.52. The quantitative estimate of drug-likeness (QED) is 0.672. The molecular weight excluding hydrogens is 190 g/mol. The third kappa shape index (κ3) is 2.80. The molecule has 0 aromatic carbocycles. The maximum absolute atomic E-state index is 9.02. The Bertz CT molecular complexity index is 234. The Kier molecular flexibility index (Phi) is 3.78. The van der Waals surface area contributed by atoms with Gasteiger partial charge in [0.05, 0.1) is 13.2 Å². The van der Waals surface area contributed by atoms with Gasteiger partial charge in [-0.15, -0.1) is 0 Å². The predicted octanol–water partition coefficient (Wildman–Crippen LogP) is 1.23. The van der Waals surface area contributed by atoms with Crippen LogP contribution >= 0.6 is 0 Å². The van der Waals surface area contributed by atoms with Crippen LogP contribution in [0.5, 0.6) is 0 Å². The van der Waals surface area contributed by atoms with Gasteiger partial charge in [0.2, 0.25) is 0 Å². The van der Waals surface area contributed by atoms with Gasteiger partial charge < -0.3 is 15.2 Å². The van der Waals surface area contributed by atoms with Gasteiger partial charge in [-0.1, -0.05) is 6.08 Å². The molecule has 3 heteroatoms. The van der Waals surface area contributed by atoms with Gasteiger partial charge in [-0.25, -0.2) is 0 Å². The van der Waals surface area contributed by atoms with Crippen molar-refractivity contribution in [2.24, 2.45) is 0 Å². The molecule has 0 spiro atoms. The SMILES string of the molecule is OCCC1(NCC2=CCCOC2)CCC1. The molecule has 3 nitrogen and oxygen atoms in total. The van der Waals surface area contributed by atoms with Crippen LogP contribution in [-0.2, 0) is 4.74 Å². The van der Waals surface area contributed by atoms with Crippen molar-refractivity contribution in [1.82, 2.24) is 5.32 Å². The van der Waals surface area contributed by atoms with Gasteiger partial charge in [-0.05, 0) is 37.7 Å². The molecule has 0 bridgehead atoms. The number of hydrogen-bond acceptors (Lipinski definition) is 3. The minimum atomic E-state index is 0.229. The van der Waals surface area contributed by atoms with E-state index in [2.05, 4.69) is 11.4 Å². The van der Waals surface area contributed by atoms with Crippen LogP contribution in [0.15, 0.2) is 11.6 Å². The number of rotatable bonds is 5. The van der Waals surface area contributed by atoms with Crippen LogP contribution in [0.25, 0.3) is 0 Å². The summed E-state index contributed by atoms with van der Waals surface area (Å²) in [4.78, 5) is 0. The van der Waals surface area contributed by atoms with E-state index in [-0.39, 0.29) is 5.54 Å². The largest absolute Gasteiger partial charge is 0.396 e. The van der Waals surface area contributed by atoms with Crippen molar-refractivity contribution in [3.05, 3.63) is 11.6 Å². The fourth-order valence-electron chi connectivity index (χ4n) is 2.37. The summed E-state index contributed by atoms with van der Waals surface area (Å²) in [5.74, 6) is 0. The van der Waals surface area contributed by atoms with Gasteiger partial charge in [0, 0.05) is 18.7 Å². The average Bonchev–Trinajstić information content (AvgIpc) is 2.23. The van der Waals surface area contributed by atoms with Crippen LogP contribution in [0.1, 0.15) is 32.1 Å². The normalized spacial score (nSPS) is 24.5. The number of nitrogens with one attached hydrogen (secondary N) is 1. The van der Waals surface area contributed by atoms with E-state index in [1.165, 1.54) is 24.8 Å². The third-order valence-corrected chi connectivity index (χ3v) is 3.57. The predicted molar refractivity (Wildman–Crippen MR) is 59.8 cm³/mol. The monoisotopic (exact) mass is 211 g/mol. The Morgan fingerprint density at radius 2 is 2.33 bits per heavy atom. The second kappa shape index (κ2) is 5.10. The lowest BCUT2D eigenvalue weighted by atomic mass is 9.74. The van der Waals surface area contributed by atoms with E-state index in [0.717, 1.165) is 32.6 Å². The summed E-state index contributed by atoms with van der Waals surface area (Å²) in [6, 6.07) is 0. The standard InChI is InChI=1S/C12H21NO2/c14-7-6-12(4-2-5-12)13-9-11-3-1-8-15-10-11/h3,13-14H,1-2,4-10H2. The summed E-state index contributed by atoms with van der Waals surface area (Å²) < 4.78 is 5.40. The first-order valence-corrected chi connectivity index (χ1v) is 5.96. The molecule has 0 unspecified atom stereocenters. The molecule has 1 heterocycles. The van der Waals surface area contributed by atoms with E-state index in [9.17, 15) is 0 Å². The Morgan fingerprint density at radius 3 is 2.87 bits per heavy atom. The molecule has 0 amide bonds. The van der Waals surface area contributed by atoms with Crippen LogP contribution in [0.2, 0.25) is 0 Å². The molecule has 0 aromatic rings. The number of aliphatic hydroxyl groups is 1. The van der Waals surface area contributed by atoms with Gasteiger partial charge in [0.1, 0.15) is 0 Å². The Labute approximate surface area is 91.5 Å². The van der Waals surface area contributed by atoms with E-state index in [0.29, 0.717) is 6.61 Å². The fourth-order valence-corrected chi connectivity index (χ4v) is 2.37. The highest BCUT2D eigenvalue weighted by molar-refractivity contribution is 5.09. The van der Waals surface area contributed by atoms with Gasteiger partial charge in [-0.3, -0.25) is 0 Å². The van der Waals surface area contributed by atoms with Crippen molar-refractivity contribution in [3.8, 4) is 0 Å². The zero-order valence-electron chi connectivity index (χ0n) is 9.30. The van der Waals surface area contributed by atoms with Crippen molar-refractivity contribution in [2.75, 3.05) is 26.4 Å². The summed E-state index contributed by atoms with van der Waals surface area (Å²) in [5.41, 5.74) is 1.60. The first kappa shape index (κ1) is 11.1. The summed E-state index contributed by atoms with van der Waals surface area (Å²) in [6.45, 7) is 2.87. The van der Waals surface area contributed by atoms with Gasteiger partial charge in [-0.2, -0.15) is 0 Å². The first-order chi connectivity index (χ1) is 7.35. The van der Waals surface area contributed by atoms with Gasteiger partial charge in [0.25, 0.3) is 0 Å². The van der Waals surface area contributed by atoms with E-state index in [4.69, 9.17) is 9.84 Å². The molecule has 15 heavy (non-hydrogen) atoms. The van der Waals surface area contributed by atoms with E-state index in [1.54, 1.807) is 0 Å². The van der Waals surface area contributed by atoms with Crippen LogP contribution in [0.3, 0.4) is 0 Å². The van der Waals surface area contributed by atoms with Crippen molar-refractivity contribution >= 4 is 0 Å². The number of aliphatic hydroxyl groups excluding tert-OH is 1. The molecule has 0 radical (unpaired) electrons. The average molecular weight is 211 g/mol.